The molecule has 4 rings (SSSR count). The first-order valence-electron chi connectivity index (χ1n) is 9.31. The van der Waals surface area contributed by atoms with E-state index in [1.807, 2.05) is 0 Å². The van der Waals surface area contributed by atoms with E-state index in [-0.39, 0.29) is 37.3 Å². The van der Waals surface area contributed by atoms with Crippen LogP contribution in [0.5, 0.6) is 11.5 Å². The summed E-state index contributed by atoms with van der Waals surface area (Å²) in [4.78, 5) is 10.3. The highest BCUT2D eigenvalue weighted by Crippen LogP contribution is 2.42. The molecule has 0 unspecified atom stereocenters. The van der Waals surface area contributed by atoms with Gasteiger partial charge in [0.1, 0.15) is 19.0 Å². The number of benzene rings is 2. The smallest absolute Gasteiger partial charge is 0.293 e. The van der Waals surface area contributed by atoms with E-state index >= 15 is 0 Å². The summed E-state index contributed by atoms with van der Waals surface area (Å²) in [6, 6.07) is 6.83. The number of nitrogens with zero attached hydrogens (tertiary/aromatic N) is 2. The number of sulfonamides is 1. The minimum Gasteiger partial charge on any atom is -0.486 e. The van der Waals surface area contributed by atoms with Gasteiger partial charge >= 0.3 is 0 Å². The van der Waals surface area contributed by atoms with E-state index < -0.39 is 37.5 Å². The predicted molar refractivity (Wildman–Crippen MR) is 102 cm³/mol. The molecule has 30 heavy (non-hydrogen) atoms. The lowest BCUT2D eigenvalue weighted by molar-refractivity contribution is -0.388. The molecule has 1 heterocycles. The van der Waals surface area contributed by atoms with Gasteiger partial charge in [0.25, 0.3) is 5.69 Å². The Bertz CT molecular complexity index is 1070. The third-order valence-corrected chi connectivity index (χ3v) is 6.92. The van der Waals surface area contributed by atoms with Crippen molar-refractivity contribution in [3.8, 4) is 11.5 Å². The summed E-state index contributed by atoms with van der Waals surface area (Å²) in [5, 5.41) is 22.1. The Balaban J connectivity index is 1.71. The highest BCUT2D eigenvalue weighted by Gasteiger charge is 2.42. The van der Waals surface area contributed by atoms with Crippen molar-refractivity contribution in [3.63, 3.8) is 0 Å². The summed E-state index contributed by atoms with van der Waals surface area (Å²) >= 11 is 0. The average molecular weight is 438 g/mol. The van der Waals surface area contributed by atoms with Crippen LogP contribution in [0.15, 0.2) is 41.3 Å². The summed E-state index contributed by atoms with van der Waals surface area (Å²) in [7, 11) is -4.34. The van der Waals surface area contributed by atoms with Crippen LogP contribution < -0.4 is 9.47 Å². The van der Waals surface area contributed by atoms with Crippen LogP contribution in [0.1, 0.15) is 24.5 Å². The quantitative estimate of drug-likeness (QED) is 0.521. The van der Waals surface area contributed by atoms with Crippen molar-refractivity contribution in [2.45, 2.75) is 29.9 Å². The highest BCUT2D eigenvalue weighted by molar-refractivity contribution is 7.89. The van der Waals surface area contributed by atoms with E-state index in [9.17, 15) is 28.0 Å². The molecule has 160 valence electrons. The summed E-state index contributed by atoms with van der Waals surface area (Å²) in [5.74, 6) is -0.263. The molecule has 0 spiro atoms. The Morgan fingerprint density at radius 2 is 1.77 bits per heavy atom. The molecule has 1 saturated carbocycles. The fourth-order valence-electron chi connectivity index (χ4n) is 3.30. The Labute approximate surface area is 171 Å². The van der Waals surface area contributed by atoms with Gasteiger partial charge in [-0.3, -0.25) is 10.1 Å². The summed E-state index contributed by atoms with van der Waals surface area (Å²) in [5.41, 5.74) is -0.282. The Morgan fingerprint density at radius 1 is 1.17 bits per heavy atom. The van der Waals surface area contributed by atoms with Crippen molar-refractivity contribution in [2.24, 2.45) is 0 Å². The van der Waals surface area contributed by atoms with Crippen LogP contribution >= 0.6 is 0 Å². The molecule has 11 heteroatoms. The third-order valence-electron chi connectivity index (χ3n) is 4.97. The molecule has 0 aromatic heterocycles. The molecule has 1 aliphatic carbocycles. The highest BCUT2D eigenvalue weighted by atomic mass is 32.2. The molecule has 2 aromatic carbocycles. The second-order valence-corrected chi connectivity index (χ2v) is 8.95. The fourth-order valence-corrected chi connectivity index (χ4v) is 5.15. The lowest BCUT2D eigenvalue weighted by Gasteiger charge is -2.25. The van der Waals surface area contributed by atoms with E-state index in [4.69, 9.17) is 9.47 Å². The minimum absolute atomic E-state index is 0.108. The van der Waals surface area contributed by atoms with Gasteiger partial charge in [-0.15, -0.1) is 0 Å². The molecule has 0 bridgehead atoms. The molecule has 9 nitrogen and oxygen atoms in total. The summed E-state index contributed by atoms with van der Waals surface area (Å²) < 4.78 is 51.7. The van der Waals surface area contributed by atoms with Crippen molar-refractivity contribution >= 4 is 15.7 Å². The zero-order valence-corrected chi connectivity index (χ0v) is 16.5. The summed E-state index contributed by atoms with van der Waals surface area (Å²) in [6.45, 7) is 0.0818. The van der Waals surface area contributed by atoms with Gasteiger partial charge in [0, 0.05) is 18.7 Å². The van der Waals surface area contributed by atoms with Crippen molar-refractivity contribution < 1.29 is 32.3 Å². The van der Waals surface area contributed by atoms with Crippen LogP contribution in [0, 0.1) is 15.9 Å². The normalized spacial score (nSPS) is 17.0. The molecule has 1 fully saturated rings. The minimum atomic E-state index is -4.34. The third kappa shape index (κ3) is 3.95. The lowest BCUT2D eigenvalue weighted by atomic mass is 10.1. The topological polar surface area (TPSA) is 119 Å². The number of ether oxygens (including phenoxy) is 2. The van der Waals surface area contributed by atoms with E-state index in [2.05, 4.69) is 0 Å². The number of aliphatic hydroxyl groups excluding tert-OH is 1. The number of hydrogen-bond donors (Lipinski definition) is 1. The predicted octanol–water partition coefficient (Wildman–Crippen LogP) is 2.39. The molecule has 0 saturated heterocycles. The number of hydrogen-bond acceptors (Lipinski definition) is 7. The summed E-state index contributed by atoms with van der Waals surface area (Å²) in [6.07, 6.45) is -0.0706. The fraction of sp³-hybridized carbons (Fsp3) is 0.368. The van der Waals surface area contributed by atoms with Crippen LogP contribution in [0.25, 0.3) is 0 Å². The first kappa shape index (κ1) is 20.5. The maximum atomic E-state index is 13.4. The van der Waals surface area contributed by atoms with Gasteiger partial charge in [-0.1, -0.05) is 12.1 Å². The Hall–Kier alpha value is -2.76. The van der Waals surface area contributed by atoms with Crippen molar-refractivity contribution in [3.05, 3.63) is 57.9 Å². The van der Waals surface area contributed by atoms with E-state index in [0.717, 1.165) is 16.4 Å². The van der Waals surface area contributed by atoms with Crippen LogP contribution in [0.4, 0.5) is 10.1 Å². The monoisotopic (exact) mass is 438 g/mol. The second kappa shape index (κ2) is 7.82. The van der Waals surface area contributed by atoms with E-state index in [1.165, 1.54) is 24.3 Å². The number of rotatable bonds is 7. The zero-order valence-electron chi connectivity index (χ0n) is 15.7. The van der Waals surface area contributed by atoms with Crippen molar-refractivity contribution in [1.82, 2.24) is 4.31 Å². The standard InChI is InChI=1S/C19H19FN2O7S/c20-13-3-1-12(2-4-13)16(23)11-21(14-5-6-14)30(26,27)19-10-18-17(28-7-8-29-18)9-15(19)22(24)25/h1-4,9-10,14,16,23H,5-8,11H2/t16-/m0/s1. The first-order valence-corrected chi connectivity index (χ1v) is 10.7. The van der Waals surface area contributed by atoms with E-state index in [1.54, 1.807) is 0 Å². The second-order valence-electron chi connectivity index (χ2n) is 7.09. The van der Waals surface area contributed by atoms with Crippen LogP contribution in [0.3, 0.4) is 0 Å². The molecular formula is C19H19FN2O7S. The van der Waals surface area contributed by atoms with Crippen molar-refractivity contribution in [2.75, 3.05) is 19.8 Å². The number of nitro groups is 1. The number of halogens is 1. The van der Waals surface area contributed by atoms with Gasteiger partial charge in [-0.25, -0.2) is 12.8 Å². The number of fused-ring (bicyclic) bond motifs is 1. The van der Waals surface area contributed by atoms with Gasteiger partial charge in [0.15, 0.2) is 16.4 Å². The van der Waals surface area contributed by atoms with Gasteiger partial charge in [-0.05, 0) is 30.5 Å². The largest absolute Gasteiger partial charge is 0.486 e. The maximum absolute atomic E-state index is 13.4. The van der Waals surface area contributed by atoms with Gasteiger partial charge < -0.3 is 14.6 Å². The molecule has 1 atom stereocenters. The average Bonchev–Trinajstić information content (AvgIpc) is 3.56. The zero-order chi connectivity index (χ0) is 21.5. The van der Waals surface area contributed by atoms with Gasteiger partial charge in [0.05, 0.1) is 17.1 Å². The SMILES string of the molecule is O=[N+]([O-])c1cc2c(cc1S(=O)(=O)N(C[C@H](O)c1ccc(F)cc1)C1CC1)OCCO2. The molecule has 2 aromatic rings. The van der Waals surface area contributed by atoms with Gasteiger partial charge in [-0.2, -0.15) is 4.31 Å². The van der Waals surface area contributed by atoms with Crippen LogP contribution in [0.2, 0.25) is 0 Å². The molecule has 0 amide bonds. The number of nitro benzene ring substituents is 1. The van der Waals surface area contributed by atoms with Crippen LogP contribution in [-0.4, -0.2) is 48.6 Å². The lowest BCUT2D eigenvalue weighted by Crippen LogP contribution is -2.37. The molecular weight excluding hydrogens is 419 g/mol. The maximum Gasteiger partial charge on any atom is 0.293 e. The molecule has 2 aliphatic rings. The molecule has 1 aliphatic heterocycles. The van der Waals surface area contributed by atoms with Crippen LogP contribution in [-0.2, 0) is 10.0 Å². The van der Waals surface area contributed by atoms with Gasteiger partial charge in [0.2, 0.25) is 10.0 Å². The van der Waals surface area contributed by atoms with Crippen molar-refractivity contribution in [1.29, 1.82) is 0 Å². The first-order chi connectivity index (χ1) is 14.3. The Morgan fingerprint density at radius 3 is 2.33 bits per heavy atom. The number of aliphatic hydroxyl groups is 1. The molecule has 1 N–H and O–H groups in total. The molecule has 0 radical (unpaired) electrons. The Kier molecular flexibility index (Phi) is 5.35. The van der Waals surface area contributed by atoms with E-state index in [0.29, 0.717) is 18.4 Å².